The number of Topliss-reactive ketones (excluding diaryl/α,β-unsaturated/α-hetero) is 1. The van der Waals surface area contributed by atoms with Gasteiger partial charge in [0.25, 0.3) is 0 Å². The van der Waals surface area contributed by atoms with Gasteiger partial charge < -0.3 is 15.3 Å². The Morgan fingerprint density at radius 2 is 1.85 bits per heavy atom. The number of hydrogen-bond donors (Lipinski definition) is 3. The highest BCUT2D eigenvalue weighted by Crippen LogP contribution is 2.66. The SMILES string of the molecule is C[C@]12CC(=O)[C@H]3[C@@H](CCC4C[C@H](O)CC[C@@]43C)[C@@H]1[C@H](O)C[C@@H]2CC(=O)O. The van der Waals surface area contributed by atoms with Crippen LogP contribution in [0.4, 0.5) is 0 Å². The Balaban J connectivity index is 1.68. The van der Waals surface area contributed by atoms with Gasteiger partial charge in [-0.15, -0.1) is 0 Å². The molecule has 4 rings (SSSR count). The van der Waals surface area contributed by atoms with Gasteiger partial charge in [0.05, 0.1) is 12.2 Å². The fraction of sp³-hybridized carbons (Fsp3) is 0.905. The smallest absolute Gasteiger partial charge is 0.303 e. The van der Waals surface area contributed by atoms with Crippen molar-refractivity contribution in [2.24, 2.45) is 40.4 Å². The van der Waals surface area contributed by atoms with E-state index >= 15 is 0 Å². The lowest BCUT2D eigenvalue weighted by atomic mass is 9.44. The van der Waals surface area contributed by atoms with E-state index in [4.69, 9.17) is 0 Å². The minimum absolute atomic E-state index is 0.0270. The lowest BCUT2D eigenvalue weighted by Gasteiger charge is -2.60. The maximum atomic E-state index is 13.4. The van der Waals surface area contributed by atoms with Crippen LogP contribution in [0.1, 0.15) is 65.2 Å². The maximum absolute atomic E-state index is 13.4. The second-order valence-corrected chi connectivity index (χ2v) is 10.1. The maximum Gasteiger partial charge on any atom is 0.303 e. The van der Waals surface area contributed by atoms with Gasteiger partial charge in [-0.25, -0.2) is 0 Å². The Labute approximate surface area is 155 Å². The summed E-state index contributed by atoms with van der Waals surface area (Å²) >= 11 is 0. The van der Waals surface area contributed by atoms with Crippen LogP contribution in [-0.4, -0.2) is 39.3 Å². The summed E-state index contributed by atoms with van der Waals surface area (Å²) in [5.41, 5.74) is -0.474. The Morgan fingerprint density at radius 1 is 1.12 bits per heavy atom. The van der Waals surface area contributed by atoms with Crippen LogP contribution < -0.4 is 0 Å². The zero-order valence-electron chi connectivity index (χ0n) is 15.9. The van der Waals surface area contributed by atoms with Crippen molar-refractivity contribution in [1.29, 1.82) is 0 Å². The van der Waals surface area contributed by atoms with E-state index in [1.807, 2.05) is 0 Å². The molecule has 0 amide bonds. The molecule has 4 aliphatic rings. The van der Waals surface area contributed by atoms with Crippen molar-refractivity contribution >= 4 is 11.8 Å². The first-order valence-corrected chi connectivity index (χ1v) is 10.3. The second kappa shape index (κ2) is 6.03. The van der Waals surface area contributed by atoms with Gasteiger partial charge in [0.2, 0.25) is 0 Å². The summed E-state index contributed by atoms with van der Waals surface area (Å²) < 4.78 is 0. The lowest BCUT2D eigenvalue weighted by molar-refractivity contribution is -0.167. The number of carbonyl (C=O) groups excluding carboxylic acids is 1. The largest absolute Gasteiger partial charge is 0.481 e. The molecule has 0 aromatic rings. The van der Waals surface area contributed by atoms with Gasteiger partial charge >= 0.3 is 5.97 Å². The van der Waals surface area contributed by atoms with E-state index in [-0.39, 0.29) is 47.4 Å². The predicted octanol–water partition coefficient (Wildman–Crippen LogP) is 2.63. The van der Waals surface area contributed by atoms with E-state index in [2.05, 4.69) is 13.8 Å². The Kier molecular flexibility index (Phi) is 4.27. The van der Waals surface area contributed by atoms with Crippen molar-refractivity contribution < 1.29 is 24.9 Å². The molecule has 146 valence electrons. The lowest BCUT2D eigenvalue weighted by Crippen LogP contribution is -2.58. The molecule has 0 aromatic carbocycles. The van der Waals surface area contributed by atoms with Crippen LogP contribution in [0.25, 0.3) is 0 Å². The number of aliphatic hydroxyl groups is 2. The van der Waals surface area contributed by atoms with Crippen molar-refractivity contribution in [3.8, 4) is 0 Å². The van der Waals surface area contributed by atoms with E-state index in [1.54, 1.807) is 0 Å². The van der Waals surface area contributed by atoms with E-state index in [1.165, 1.54) is 0 Å². The molecule has 3 N–H and O–H groups in total. The van der Waals surface area contributed by atoms with Crippen LogP contribution in [0.15, 0.2) is 0 Å². The van der Waals surface area contributed by atoms with E-state index in [9.17, 15) is 24.9 Å². The molecular weight excluding hydrogens is 332 g/mol. The van der Waals surface area contributed by atoms with Gasteiger partial charge in [0.15, 0.2) is 0 Å². The number of carbonyl (C=O) groups is 2. The molecule has 1 unspecified atom stereocenters. The average Bonchev–Trinajstić information content (AvgIpc) is 2.77. The fourth-order valence-corrected chi connectivity index (χ4v) is 7.77. The van der Waals surface area contributed by atoms with Crippen LogP contribution in [0.2, 0.25) is 0 Å². The van der Waals surface area contributed by atoms with Crippen LogP contribution in [0, 0.1) is 40.4 Å². The molecule has 0 bridgehead atoms. The summed E-state index contributed by atoms with van der Waals surface area (Å²) in [4.78, 5) is 24.7. The van der Waals surface area contributed by atoms with Gasteiger partial charge in [-0.1, -0.05) is 13.8 Å². The molecule has 4 saturated carbocycles. The van der Waals surface area contributed by atoms with Gasteiger partial charge in [-0.05, 0) is 73.0 Å². The molecule has 26 heavy (non-hydrogen) atoms. The third-order valence-electron chi connectivity index (χ3n) is 8.91. The normalized spacial score (nSPS) is 53.5. The van der Waals surface area contributed by atoms with Crippen molar-refractivity contribution in [3.63, 3.8) is 0 Å². The summed E-state index contributed by atoms with van der Waals surface area (Å²) in [7, 11) is 0. The van der Waals surface area contributed by atoms with Gasteiger partial charge in [-0.3, -0.25) is 9.59 Å². The zero-order chi connectivity index (χ0) is 18.9. The molecule has 5 heteroatoms. The van der Waals surface area contributed by atoms with Crippen molar-refractivity contribution in [1.82, 2.24) is 0 Å². The summed E-state index contributed by atoms with van der Waals surface area (Å²) in [6.45, 7) is 4.28. The average molecular weight is 364 g/mol. The molecule has 0 aliphatic heterocycles. The number of hydrogen-bond acceptors (Lipinski definition) is 4. The molecule has 0 saturated heterocycles. The van der Waals surface area contributed by atoms with Gasteiger partial charge in [0.1, 0.15) is 5.78 Å². The van der Waals surface area contributed by atoms with Gasteiger partial charge in [-0.2, -0.15) is 0 Å². The third-order valence-corrected chi connectivity index (χ3v) is 8.91. The van der Waals surface area contributed by atoms with Crippen molar-refractivity contribution in [2.75, 3.05) is 0 Å². The Morgan fingerprint density at radius 3 is 2.54 bits per heavy atom. The monoisotopic (exact) mass is 364 g/mol. The topological polar surface area (TPSA) is 94.8 Å². The second-order valence-electron chi connectivity index (χ2n) is 10.1. The number of ketones is 1. The first kappa shape index (κ1) is 18.4. The van der Waals surface area contributed by atoms with Crippen LogP contribution in [0.5, 0.6) is 0 Å². The Hall–Kier alpha value is -0.940. The highest BCUT2D eigenvalue weighted by atomic mass is 16.4. The summed E-state index contributed by atoms with van der Waals surface area (Å²) in [5, 5.41) is 30.3. The molecule has 4 aliphatic carbocycles. The number of carboxylic acid groups (broad SMARTS) is 1. The molecule has 9 atom stereocenters. The highest BCUT2D eigenvalue weighted by Gasteiger charge is 2.65. The number of carboxylic acids is 1. The number of aliphatic hydroxyl groups excluding tert-OH is 2. The van der Waals surface area contributed by atoms with Crippen molar-refractivity contribution in [2.45, 2.75) is 77.4 Å². The standard InChI is InChI=1S/C21H32O5/c1-20-6-5-13(22)7-11(20)3-4-14-18-15(23)8-12(9-17(25)26)21(18,2)10-16(24)19(14)20/h11-15,18-19,22-23H,3-10H2,1-2H3,(H,25,26)/t11?,12-,13-,14+,15-,18-,19-,20+,21-/m1/s1. The number of rotatable bonds is 2. The predicted molar refractivity (Wildman–Crippen MR) is 95.3 cm³/mol. The third kappa shape index (κ3) is 2.50. The molecule has 5 nitrogen and oxygen atoms in total. The van der Waals surface area contributed by atoms with Crippen LogP contribution in [0.3, 0.4) is 0 Å². The first-order chi connectivity index (χ1) is 12.2. The van der Waals surface area contributed by atoms with E-state index in [0.29, 0.717) is 18.8 Å². The Bertz CT molecular complexity index is 618. The van der Waals surface area contributed by atoms with Crippen molar-refractivity contribution in [3.05, 3.63) is 0 Å². The first-order valence-electron chi connectivity index (χ1n) is 10.3. The zero-order valence-corrected chi connectivity index (χ0v) is 15.9. The van der Waals surface area contributed by atoms with E-state index < -0.39 is 17.5 Å². The highest BCUT2D eigenvalue weighted by molar-refractivity contribution is 5.84. The number of aliphatic carboxylic acids is 1. The summed E-state index contributed by atoms with van der Waals surface area (Å²) in [6, 6.07) is 0. The van der Waals surface area contributed by atoms with Crippen LogP contribution >= 0.6 is 0 Å². The molecule has 0 radical (unpaired) electrons. The number of fused-ring (bicyclic) bond motifs is 5. The quantitative estimate of drug-likeness (QED) is 0.700. The minimum Gasteiger partial charge on any atom is -0.481 e. The van der Waals surface area contributed by atoms with E-state index in [0.717, 1.165) is 32.1 Å². The van der Waals surface area contributed by atoms with Crippen LogP contribution in [-0.2, 0) is 9.59 Å². The molecular formula is C21H32O5. The fourth-order valence-electron chi connectivity index (χ4n) is 7.77. The minimum atomic E-state index is -0.837. The molecule has 0 heterocycles. The molecule has 4 fully saturated rings. The summed E-state index contributed by atoms with van der Waals surface area (Å²) in [6.07, 6.45) is 4.55. The molecule has 0 spiro atoms. The summed E-state index contributed by atoms with van der Waals surface area (Å²) in [5.74, 6) is -0.147. The van der Waals surface area contributed by atoms with Gasteiger partial charge in [0, 0.05) is 18.8 Å². The molecule has 0 aromatic heterocycles.